The lowest BCUT2D eigenvalue weighted by molar-refractivity contribution is -0.168. The summed E-state index contributed by atoms with van der Waals surface area (Å²) >= 11 is 0. The first kappa shape index (κ1) is 17.7. The maximum atomic E-state index is 12.6. The summed E-state index contributed by atoms with van der Waals surface area (Å²) in [7, 11) is 0. The Morgan fingerprint density at radius 3 is 1.62 bits per heavy atom. The van der Waals surface area contributed by atoms with E-state index in [1.807, 2.05) is 12.1 Å². The molecular formula is C20H18O6. The molecule has 2 N–H and O–H groups in total. The molecule has 0 unspecified atom stereocenters. The summed E-state index contributed by atoms with van der Waals surface area (Å²) in [5.74, 6) is -5.61. The lowest BCUT2D eigenvalue weighted by Gasteiger charge is -2.48. The Kier molecular flexibility index (Phi) is 5.02. The summed E-state index contributed by atoms with van der Waals surface area (Å²) in [5.41, 5.74) is 1.45. The van der Waals surface area contributed by atoms with Crippen molar-refractivity contribution in [3.05, 3.63) is 71.8 Å². The number of carbonyl (C=O) groups excluding carboxylic acids is 1. The van der Waals surface area contributed by atoms with Gasteiger partial charge in [-0.1, -0.05) is 60.7 Å². The van der Waals surface area contributed by atoms with Crippen molar-refractivity contribution >= 4 is 17.9 Å². The molecule has 26 heavy (non-hydrogen) atoms. The van der Waals surface area contributed by atoms with Crippen molar-refractivity contribution in [1.82, 2.24) is 0 Å². The third-order valence-electron chi connectivity index (χ3n) is 4.81. The van der Waals surface area contributed by atoms with Crippen LogP contribution in [0.1, 0.15) is 23.0 Å². The first-order valence-corrected chi connectivity index (χ1v) is 8.22. The van der Waals surface area contributed by atoms with Crippen LogP contribution in [0.25, 0.3) is 0 Å². The number of benzene rings is 2. The highest BCUT2D eigenvalue weighted by molar-refractivity contribution is 5.85. The van der Waals surface area contributed by atoms with Gasteiger partial charge in [-0.25, -0.2) is 4.79 Å². The fraction of sp³-hybridized carbons (Fsp3) is 0.250. The first-order chi connectivity index (χ1) is 12.5. The van der Waals surface area contributed by atoms with Crippen molar-refractivity contribution in [2.45, 2.75) is 11.8 Å². The van der Waals surface area contributed by atoms with Crippen LogP contribution in [-0.4, -0.2) is 34.7 Å². The normalized spacial score (nSPS) is 24.3. The van der Waals surface area contributed by atoms with E-state index in [9.17, 15) is 19.5 Å². The summed E-state index contributed by atoms with van der Waals surface area (Å²) in [6.45, 7) is -0.740. The lowest BCUT2D eigenvalue weighted by Crippen LogP contribution is -2.51. The number of esters is 1. The summed E-state index contributed by atoms with van der Waals surface area (Å²) < 4.78 is 4.91. The number of hydrogen-bond acceptors (Lipinski definition) is 4. The number of ether oxygens (including phenoxy) is 1. The third kappa shape index (κ3) is 3.31. The smallest absolute Gasteiger partial charge is 0.341 e. The average Bonchev–Trinajstić information content (AvgIpc) is 2.60. The molecule has 2 aromatic rings. The fourth-order valence-corrected chi connectivity index (χ4v) is 3.76. The molecule has 0 spiro atoms. The van der Waals surface area contributed by atoms with E-state index in [-0.39, 0.29) is 0 Å². The zero-order valence-corrected chi connectivity index (χ0v) is 13.8. The molecule has 6 heteroatoms. The van der Waals surface area contributed by atoms with Crippen molar-refractivity contribution in [3.8, 4) is 0 Å². The van der Waals surface area contributed by atoms with E-state index in [1.165, 1.54) is 0 Å². The molecule has 1 aliphatic carbocycles. The van der Waals surface area contributed by atoms with Crippen molar-refractivity contribution in [3.63, 3.8) is 0 Å². The average molecular weight is 354 g/mol. The van der Waals surface area contributed by atoms with Crippen molar-refractivity contribution in [1.29, 1.82) is 0 Å². The first-order valence-electron chi connectivity index (χ1n) is 8.22. The molecule has 6 nitrogen and oxygen atoms in total. The van der Waals surface area contributed by atoms with Gasteiger partial charge in [0.15, 0.2) is 6.61 Å². The summed E-state index contributed by atoms with van der Waals surface area (Å²) in [6.07, 6.45) is 0. The Hall–Kier alpha value is -3.15. The molecule has 0 saturated heterocycles. The molecule has 0 aromatic heterocycles. The Morgan fingerprint density at radius 2 is 1.23 bits per heavy atom. The molecule has 3 rings (SSSR count). The number of hydrogen-bond donors (Lipinski definition) is 2. The summed E-state index contributed by atoms with van der Waals surface area (Å²) in [6, 6.07) is 17.9. The number of carbonyl (C=O) groups is 3. The highest BCUT2D eigenvalue weighted by Crippen LogP contribution is 2.57. The van der Waals surface area contributed by atoms with Gasteiger partial charge in [0.2, 0.25) is 0 Å². The van der Waals surface area contributed by atoms with Crippen molar-refractivity contribution in [2.75, 3.05) is 6.61 Å². The molecule has 134 valence electrons. The number of aliphatic carboxylic acids is 2. The minimum Gasteiger partial charge on any atom is -0.481 e. The van der Waals surface area contributed by atoms with Gasteiger partial charge in [-0.15, -0.1) is 0 Å². The van der Waals surface area contributed by atoms with Gasteiger partial charge in [-0.05, 0) is 11.1 Å². The SMILES string of the molecule is O=C(O)COC(=O)C1[C@@H](c2ccccc2)C(C(=O)O)[C@@H]1c1ccccc1. The van der Waals surface area contributed by atoms with Crippen LogP contribution in [0.5, 0.6) is 0 Å². The van der Waals surface area contributed by atoms with E-state index in [1.54, 1.807) is 48.5 Å². The van der Waals surface area contributed by atoms with Crippen LogP contribution >= 0.6 is 0 Å². The zero-order chi connectivity index (χ0) is 18.7. The second kappa shape index (κ2) is 7.39. The van der Waals surface area contributed by atoms with Crippen LogP contribution in [0, 0.1) is 11.8 Å². The summed E-state index contributed by atoms with van der Waals surface area (Å²) in [4.78, 5) is 35.3. The molecule has 2 atom stereocenters. The largest absolute Gasteiger partial charge is 0.481 e. The van der Waals surface area contributed by atoms with Crippen LogP contribution in [0.2, 0.25) is 0 Å². The van der Waals surface area contributed by atoms with Crippen LogP contribution in [-0.2, 0) is 19.1 Å². The monoisotopic (exact) mass is 354 g/mol. The summed E-state index contributed by atoms with van der Waals surface area (Å²) in [5, 5.41) is 18.5. The van der Waals surface area contributed by atoms with Gasteiger partial charge in [-0.3, -0.25) is 9.59 Å². The Labute approximate surface area is 150 Å². The number of carboxylic acid groups (broad SMARTS) is 2. The van der Waals surface area contributed by atoms with Gasteiger partial charge in [-0.2, -0.15) is 0 Å². The van der Waals surface area contributed by atoms with Crippen molar-refractivity contribution < 1.29 is 29.3 Å². The van der Waals surface area contributed by atoms with E-state index in [0.717, 1.165) is 11.1 Å². The zero-order valence-electron chi connectivity index (χ0n) is 13.8. The van der Waals surface area contributed by atoms with Crippen molar-refractivity contribution in [2.24, 2.45) is 11.8 Å². The predicted molar refractivity (Wildman–Crippen MR) is 91.6 cm³/mol. The molecule has 0 radical (unpaired) electrons. The molecule has 0 heterocycles. The second-order valence-corrected chi connectivity index (χ2v) is 6.26. The Balaban J connectivity index is 1.99. The maximum absolute atomic E-state index is 12.6. The molecule has 2 aromatic carbocycles. The van der Waals surface area contributed by atoms with Gasteiger partial charge in [0.25, 0.3) is 0 Å². The topological polar surface area (TPSA) is 101 Å². The van der Waals surface area contributed by atoms with Crippen LogP contribution in [0.15, 0.2) is 60.7 Å². The van der Waals surface area contributed by atoms with E-state index < -0.39 is 48.2 Å². The molecule has 1 aliphatic rings. The minimum absolute atomic E-state index is 0.569. The molecule has 1 saturated carbocycles. The molecule has 0 aliphatic heterocycles. The van der Waals surface area contributed by atoms with Crippen LogP contribution in [0.3, 0.4) is 0 Å². The number of rotatable bonds is 6. The number of carboxylic acids is 2. The molecule has 0 amide bonds. The van der Waals surface area contributed by atoms with E-state index in [0.29, 0.717) is 0 Å². The highest BCUT2D eigenvalue weighted by atomic mass is 16.5. The standard InChI is InChI=1S/C20H18O6/c21-14(22)11-26-20(25)18-15(12-7-3-1-4-8-12)17(19(23)24)16(18)13-9-5-2-6-10-13/h1-10,15-18H,11H2,(H,21,22)(H,23,24)/t15-,16-,17?,18?/m0/s1. The Bertz CT molecular complexity index is 754. The van der Waals surface area contributed by atoms with Gasteiger partial charge in [0, 0.05) is 11.8 Å². The molecular weight excluding hydrogens is 336 g/mol. The predicted octanol–water partition coefficient (Wildman–Crippen LogP) is 2.51. The molecule has 1 fully saturated rings. The van der Waals surface area contributed by atoms with Gasteiger partial charge in [0.1, 0.15) is 0 Å². The quantitative estimate of drug-likeness (QED) is 0.773. The third-order valence-corrected chi connectivity index (χ3v) is 4.81. The van der Waals surface area contributed by atoms with Gasteiger partial charge in [0.05, 0.1) is 11.8 Å². The molecule has 0 bridgehead atoms. The van der Waals surface area contributed by atoms with E-state index >= 15 is 0 Å². The van der Waals surface area contributed by atoms with Gasteiger partial charge >= 0.3 is 17.9 Å². The van der Waals surface area contributed by atoms with Crippen LogP contribution in [0.4, 0.5) is 0 Å². The maximum Gasteiger partial charge on any atom is 0.341 e. The van der Waals surface area contributed by atoms with Gasteiger partial charge < -0.3 is 14.9 Å². The highest BCUT2D eigenvalue weighted by Gasteiger charge is 2.59. The minimum atomic E-state index is -1.25. The Morgan fingerprint density at radius 1 is 0.769 bits per heavy atom. The van der Waals surface area contributed by atoms with E-state index in [4.69, 9.17) is 9.84 Å². The second-order valence-electron chi connectivity index (χ2n) is 6.26. The van der Waals surface area contributed by atoms with E-state index in [2.05, 4.69) is 0 Å². The lowest BCUT2D eigenvalue weighted by atomic mass is 9.52. The fourth-order valence-electron chi connectivity index (χ4n) is 3.76. The van der Waals surface area contributed by atoms with Crippen LogP contribution < -0.4 is 0 Å².